The number of ether oxygens (including phenoxy) is 2. The smallest absolute Gasteiger partial charge is 0.429 e. The molecule has 3 aromatic rings. The van der Waals surface area contributed by atoms with Crippen molar-refractivity contribution in [3.63, 3.8) is 0 Å². The molecule has 0 heterocycles. The molecule has 0 bridgehead atoms. The Hall–Kier alpha value is -4.32. The van der Waals surface area contributed by atoms with Crippen molar-refractivity contribution in [2.24, 2.45) is 0 Å². The number of nitrogens with zero attached hydrogens (tertiary/aromatic N) is 1. The fraction of sp³-hybridized carbons (Fsp3) is 0.200. The Labute approximate surface area is 211 Å². The molecular weight excluding hydrogens is 452 g/mol. The van der Waals surface area contributed by atoms with E-state index >= 15 is 0 Å². The van der Waals surface area contributed by atoms with E-state index in [0.29, 0.717) is 0 Å². The number of rotatable bonds is 6. The topological polar surface area (TPSA) is 67.9 Å². The summed E-state index contributed by atoms with van der Waals surface area (Å²) in [6.07, 6.45) is 2.74. The molecule has 6 heteroatoms. The molecule has 3 aromatic carbocycles. The molecule has 0 spiro atoms. The summed E-state index contributed by atoms with van der Waals surface area (Å²) < 4.78 is 10.5. The average molecular weight is 483 g/mol. The Morgan fingerprint density at radius 2 is 1.31 bits per heavy atom. The standard InChI is InChI=1S/C30H30N2O4/c1-3-35-29(33)31-32(30(34)36-4-2)28-25(22-14-8-5-9-15-22)20-21-26(28)27(23-16-10-6-11-17-23)24-18-12-7-13-19-24/h5-21,25,28H,3-4H2,1-2H3,(H,31,33)/t25-,28-/m1/s1. The zero-order chi connectivity index (χ0) is 25.3. The summed E-state index contributed by atoms with van der Waals surface area (Å²) in [4.78, 5) is 25.8. The van der Waals surface area contributed by atoms with Gasteiger partial charge in [0.05, 0.1) is 19.3 Å². The second kappa shape index (κ2) is 11.9. The van der Waals surface area contributed by atoms with Gasteiger partial charge in [-0.25, -0.2) is 20.0 Å². The predicted molar refractivity (Wildman–Crippen MR) is 140 cm³/mol. The van der Waals surface area contributed by atoms with Crippen LogP contribution < -0.4 is 5.43 Å². The number of hydrazine groups is 1. The minimum absolute atomic E-state index is 0.166. The summed E-state index contributed by atoms with van der Waals surface area (Å²) in [6.45, 7) is 3.79. The second-order valence-electron chi connectivity index (χ2n) is 8.20. The highest BCUT2D eigenvalue weighted by molar-refractivity contribution is 5.86. The van der Waals surface area contributed by atoms with Crippen LogP contribution in [-0.2, 0) is 9.47 Å². The van der Waals surface area contributed by atoms with E-state index < -0.39 is 18.2 Å². The lowest BCUT2D eigenvalue weighted by Gasteiger charge is -2.34. The Bertz CT molecular complexity index is 1180. The number of carbonyl (C=O) groups excluding carboxylic acids is 2. The predicted octanol–water partition coefficient (Wildman–Crippen LogP) is 6.33. The summed E-state index contributed by atoms with van der Waals surface area (Å²) >= 11 is 0. The van der Waals surface area contributed by atoms with E-state index in [4.69, 9.17) is 9.47 Å². The maximum atomic E-state index is 13.3. The van der Waals surface area contributed by atoms with E-state index in [1.165, 1.54) is 5.01 Å². The van der Waals surface area contributed by atoms with Crippen molar-refractivity contribution in [1.82, 2.24) is 10.4 Å². The molecule has 2 atom stereocenters. The molecular formula is C30H30N2O4. The van der Waals surface area contributed by atoms with Crippen LogP contribution in [0.3, 0.4) is 0 Å². The molecule has 2 amide bonds. The van der Waals surface area contributed by atoms with Crippen LogP contribution >= 0.6 is 0 Å². The van der Waals surface area contributed by atoms with E-state index in [9.17, 15) is 9.59 Å². The van der Waals surface area contributed by atoms with Gasteiger partial charge in [-0.05, 0) is 41.7 Å². The first-order valence-corrected chi connectivity index (χ1v) is 12.1. The van der Waals surface area contributed by atoms with Gasteiger partial charge in [-0.2, -0.15) is 0 Å². The van der Waals surface area contributed by atoms with E-state index in [-0.39, 0.29) is 19.1 Å². The molecule has 1 N–H and O–H groups in total. The van der Waals surface area contributed by atoms with Crippen LogP contribution in [0, 0.1) is 0 Å². The number of hydrogen-bond donors (Lipinski definition) is 1. The SMILES string of the molecule is CCOC(=O)NN(C(=O)OCC)[C@H]1C(=C(c2ccccc2)c2ccccc2)C=C[C@@H]1c1ccccc1. The number of benzene rings is 3. The first-order valence-electron chi connectivity index (χ1n) is 12.1. The average Bonchev–Trinajstić information content (AvgIpc) is 3.33. The molecule has 1 aliphatic rings. The van der Waals surface area contributed by atoms with Crippen LogP contribution in [-0.4, -0.2) is 36.5 Å². The molecule has 4 rings (SSSR count). The molecule has 0 aromatic heterocycles. The van der Waals surface area contributed by atoms with Gasteiger partial charge in [-0.1, -0.05) is 103 Å². The lowest BCUT2D eigenvalue weighted by Crippen LogP contribution is -2.54. The molecule has 6 nitrogen and oxygen atoms in total. The van der Waals surface area contributed by atoms with Crippen molar-refractivity contribution >= 4 is 17.8 Å². The molecule has 0 aliphatic heterocycles. The van der Waals surface area contributed by atoms with E-state index in [1.807, 2.05) is 97.1 Å². The van der Waals surface area contributed by atoms with Crippen LogP contribution in [0.1, 0.15) is 36.5 Å². The van der Waals surface area contributed by atoms with Crippen molar-refractivity contribution in [3.05, 3.63) is 125 Å². The number of carbonyl (C=O) groups is 2. The lowest BCUT2D eigenvalue weighted by atomic mass is 9.86. The van der Waals surface area contributed by atoms with Crippen molar-refractivity contribution in [2.75, 3.05) is 13.2 Å². The Morgan fingerprint density at radius 1 is 0.778 bits per heavy atom. The fourth-order valence-corrected chi connectivity index (χ4v) is 4.50. The molecule has 0 radical (unpaired) electrons. The molecule has 36 heavy (non-hydrogen) atoms. The van der Waals surface area contributed by atoms with E-state index in [2.05, 4.69) is 11.5 Å². The van der Waals surface area contributed by atoms with Gasteiger partial charge in [0.25, 0.3) is 0 Å². The summed E-state index contributed by atoms with van der Waals surface area (Å²) in [7, 11) is 0. The number of nitrogens with one attached hydrogen (secondary N) is 1. The van der Waals surface area contributed by atoms with Crippen molar-refractivity contribution < 1.29 is 19.1 Å². The first-order chi connectivity index (χ1) is 17.6. The minimum Gasteiger partial charge on any atom is -0.449 e. The number of amides is 2. The fourth-order valence-electron chi connectivity index (χ4n) is 4.50. The third kappa shape index (κ3) is 5.49. The quantitative estimate of drug-likeness (QED) is 0.417. The molecule has 184 valence electrons. The van der Waals surface area contributed by atoms with Crippen LogP contribution in [0.4, 0.5) is 9.59 Å². The van der Waals surface area contributed by atoms with Gasteiger partial charge >= 0.3 is 12.2 Å². The zero-order valence-corrected chi connectivity index (χ0v) is 20.5. The maximum Gasteiger partial charge on any atom is 0.429 e. The number of hydrogen-bond acceptors (Lipinski definition) is 4. The summed E-state index contributed by atoms with van der Waals surface area (Å²) in [5.41, 5.74) is 7.52. The van der Waals surface area contributed by atoms with Crippen LogP contribution in [0.15, 0.2) is 109 Å². The molecule has 0 unspecified atom stereocenters. The largest absolute Gasteiger partial charge is 0.449 e. The highest BCUT2D eigenvalue weighted by atomic mass is 16.6. The third-order valence-electron chi connectivity index (χ3n) is 5.97. The molecule has 0 saturated heterocycles. The van der Waals surface area contributed by atoms with Crippen molar-refractivity contribution in [1.29, 1.82) is 0 Å². The van der Waals surface area contributed by atoms with E-state index in [1.54, 1.807) is 13.8 Å². The lowest BCUT2D eigenvalue weighted by molar-refractivity contribution is 0.0607. The Kier molecular flexibility index (Phi) is 8.19. The summed E-state index contributed by atoms with van der Waals surface area (Å²) in [5.74, 6) is -0.227. The van der Waals surface area contributed by atoms with Crippen LogP contribution in [0.5, 0.6) is 0 Å². The maximum absolute atomic E-state index is 13.3. The highest BCUT2D eigenvalue weighted by Gasteiger charge is 2.40. The van der Waals surface area contributed by atoms with Gasteiger partial charge in [-0.15, -0.1) is 0 Å². The zero-order valence-electron chi connectivity index (χ0n) is 20.5. The summed E-state index contributed by atoms with van der Waals surface area (Å²) in [6, 6.07) is 29.4. The monoisotopic (exact) mass is 482 g/mol. The normalized spacial score (nSPS) is 16.3. The Balaban J connectivity index is 1.94. The van der Waals surface area contributed by atoms with Gasteiger partial charge in [0.2, 0.25) is 0 Å². The van der Waals surface area contributed by atoms with Crippen molar-refractivity contribution in [2.45, 2.75) is 25.8 Å². The van der Waals surface area contributed by atoms with Gasteiger partial charge in [0.15, 0.2) is 0 Å². The molecule has 0 fully saturated rings. The van der Waals surface area contributed by atoms with Gasteiger partial charge in [0.1, 0.15) is 0 Å². The molecule has 0 saturated carbocycles. The van der Waals surface area contributed by atoms with Gasteiger partial charge in [0, 0.05) is 5.92 Å². The first kappa shape index (κ1) is 24.8. The van der Waals surface area contributed by atoms with Gasteiger partial charge in [-0.3, -0.25) is 0 Å². The van der Waals surface area contributed by atoms with E-state index in [0.717, 1.165) is 27.8 Å². The third-order valence-corrected chi connectivity index (χ3v) is 5.97. The molecule has 1 aliphatic carbocycles. The van der Waals surface area contributed by atoms with Gasteiger partial charge < -0.3 is 9.47 Å². The van der Waals surface area contributed by atoms with Crippen LogP contribution in [0.2, 0.25) is 0 Å². The van der Waals surface area contributed by atoms with Crippen LogP contribution in [0.25, 0.3) is 5.57 Å². The highest BCUT2D eigenvalue weighted by Crippen LogP contribution is 2.41. The summed E-state index contributed by atoms with van der Waals surface area (Å²) in [5, 5.41) is 1.26. The van der Waals surface area contributed by atoms with Crippen molar-refractivity contribution in [3.8, 4) is 0 Å². The Morgan fingerprint density at radius 3 is 1.83 bits per heavy atom. The minimum atomic E-state index is -0.718. The second-order valence-corrected chi connectivity index (χ2v) is 8.20.